The molecule has 2 heterocycles. The lowest BCUT2D eigenvalue weighted by atomic mass is 9.96. The summed E-state index contributed by atoms with van der Waals surface area (Å²) in [4.78, 5) is 49.7. The fourth-order valence-corrected chi connectivity index (χ4v) is 4.15. The lowest BCUT2D eigenvalue weighted by Crippen LogP contribution is -2.44. The van der Waals surface area contributed by atoms with E-state index in [2.05, 4.69) is 5.32 Å². The number of carbonyl (C=O) groups excluding carboxylic acids is 3. The highest BCUT2D eigenvalue weighted by Crippen LogP contribution is 2.38. The summed E-state index contributed by atoms with van der Waals surface area (Å²) in [5.41, 5.74) is -0.913. The Labute approximate surface area is 152 Å². The van der Waals surface area contributed by atoms with Crippen molar-refractivity contribution in [2.45, 2.75) is 43.8 Å². The standard InChI is InChI=1S/C16H20F3N3O5/c17-16(18,19)10-8-21(7-9(10)12(24)25)11(23)3-6-22-13(26)15(20-14(22)27)4-1-2-5-15/h9-10H,1-8H2,(H,20,27)(H,24,25)/t9-,10-/m1/s1. The number of carboxylic acids is 1. The zero-order valence-corrected chi connectivity index (χ0v) is 14.4. The minimum atomic E-state index is -4.72. The summed E-state index contributed by atoms with van der Waals surface area (Å²) in [6.45, 7) is -1.51. The molecule has 0 unspecified atom stereocenters. The van der Waals surface area contributed by atoms with Gasteiger partial charge in [0.15, 0.2) is 0 Å². The van der Waals surface area contributed by atoms with E-state index in [1.165, 1.54) is 0 Å². The van der Waals surface area contributed by atoms with Crippen LogP contribution in [0.25, 0.3) is 0 Å². The van der Waals surface area contributed by atoms with Crippen LogP contribution in [-0.4, -0.2) is 70.1 Å². The molecular formula is C16H20F3N3O5. The fraction of sp³-hybridized carbons (Fsp3) is 0.750. The molecule has 0 bridgehead atoms. The van der Waals surface area contributed by atoms with Gasteiger partial charge in [-0.15, -0.1) is 0 Å². The minimum Gasteiger partial charge on any atom is -0.481 e. The van der Waals surface area contributed by atoms with E-state index < -0.39 is 60.5 Å². The molecule has 2 saturated heterocycles. The van der Waals surface area contributed by atoms with Crippen LogP contribution in [0.3, 0.4) is 0 Å². The first-order chi connectivity index (χ1) is 12.5. The Kier molecular flexibility index (Phi) is 4.81. The van der Waals surface area contributed by atoms with Gasteiger partial charge in [-0.25, -0.2) is 4.79 Å². The van der Waals surface area contributed by atoms with Gasteiger partial charge in [0.1, 0.15) is 5.54 Å². The molecule has 27 heavy (non-hydrogen) atoms. The molecule has 11 heteroatoms. The summed E-state index contributed by atoms with van der Waals surface area (Å²) in [6, 6.07) is -0.604. The predicted octanol–water partition coefficient (Wildman–Crippen LogP) is 0.963. The number of rotatable bonds is 4. The molecule has 1 spiro atoms. The molecule has 1 aliphatic carbocycles. The molecule has 2 aliphatic heterocycles. The van der Waals surface area contributed by atoms with Crippen molar-refractivity contribution in [3.63, 3.8) is 0 Å². The first kappa shape index (κ1) is 19.4. The van der Waals surface area contributed by atoms with E-state index in [9.17, 15) is 32.3 Å². The van der Waals surface area contributed by atoms with Gasteiger partial charge < -0.3 is 15.3 Å². The highest BCUT2D eigenvalue weighted by molar-refractivity contribution is 6.07. The molecule has 0 aromatic heterocycles. The van der Waals surface area contributed by atoms with Crippen LogP contribution in [0.4, 0.5) is 18.0 Å². The predicted molar refractivity (Wildman–Crippen MR) is 83.3 cm³/mol. The number of hydrogen-bond acceptors (Lipinski definition) is 4. The van der Waals surface area contributed by atoms with E-state index in [0.29, 0.717) is 12.8 Å². The van der Waals surface area contributed by atoms with Gasteiger partial charge in [-0.1, -0.05) is 12.8 Å². The van der Waals surface area contributed by atoms with Crippen molar-refractivity contribution in [2.75, 3.05) is 19.6 Å². The second-order valence-corrected chi connectivity index (χ2v) is 7.32. The Hall–Kier alpha value is -2.33. The molecule has 150 valence electrons. The monoisotopic (exact) mass is 391 g/mol. The summed E-state index contributed by atoms with van der Waals surface area (Å²) >= 11 is 0. The number of nitrogens with zero attached hydrogens (tertiary/aromatic N) is 2. The van der Waals surface area contributed by atoms with Crippen LogP contribution in [0, 0.1) is 11.8 Å². The van der Waals surface area contributed by atoms with Crippen LogP contribution in [0.2, 0.25) is 0 Å². The first-order valence-corrected chi connectivity index (χ1v) is 8.76. The molecule has 0 radical (unpaired) electrons. The van der Waals surface area contributed by atoms with Gasteiger partial charge in [0.25, 0.3) is 5.91 Å². The lowest BCUT2D eigenvalue weighted by Gasteiger charge is -2.21. The molecule has 0 aromatic rings. The van der Waals surface area contributed by atoms with Crippen LogP contribution in [-0.2, 0) is 14.4 Å². The number of likely N-dealkylation sites (tertiary alicyclic amines) is 1. The Morgan fingerprint density at radius 2 is 1.81 bits per heavy atom. The molecule has 3 aliphatic rings. The van der Waals surface area contributed by atoms with Crippen LogP contribution < -0.4 is 5.32 Å². The zero-order valence-electron chi connectivity index (χ0n) is 14.4. The Morgan fingerprint density at radius 3 is 2.33 bits per heavy atom. The van der Waals surface area contributed by atoms with Gasteiger partial charge in [-0.05, 0) is 12.8 Å². The van der Waals surface area contributed by atoms with E-state index in [1.807, 2.05) is 0 Å². The summed E-state index contributed by atoms with van der Waals surface area (Å²) in [5.74, 6) is -6.56. The molecule has 8 nitrogen and oxygen atoms in total. The van der Waals surface area contributed by atoms with Gasteiger partial charge in [-0.3, -0.25) is 19.3 Å². The van der Waals surface area contributed by atoms with E-state index in [0.717, 1.165) is 22.6 Å². The molecule has 1 saturated carbocycles. The van der Waals surface area contributed by atoms with Gasteiger partial charge in [0, 0.05) is 26.1 Å². The Balaban J connectivity index is 1.61. The number of imide groups is 1. The summed E-state index contributed by atoms with van der Waals surface area (Å²) in [5, 5.41) is 11.6. The molecule has 2 N–H and O–H groups in total. The molecule has 0 aromatic carbocycles. The number of carbonyl (C=O) groups is 4. The molecule has 2 atom stereocenters. The topological polar surface area (TPSA) is 107 Å². The minimum absolute atomic E-state index is 0.240. The molecule has 3 rings (SSSR count). The van der Waals surface area contributed by atoms with Gasteiger partial charge >= 0.3 is 18.2 Å². The lowest BCUT2D eigenvalue weighted by molar-refractivity contribution is -0.188. The number of halogens is 3. The number of urea groups is 1. The third kappa shape index (κ3) is 3.46. The molecule has 3 fully saturated rings. The van der Waals surface area contributed by atoms with Gasteiger partial charge in [0.2, 0.25) is 5.91 Å². The fourth-order valence-electron chi connectivity index (χ4n) is 4.15. The van der Waals surface area contributed by atoms with Crippen LogP contribution in [0.15, 0.2) is 0 Å². The SMILES string of the molecule is O=C(O)[C@@H]1CN(C(=O)CCN2C(=O)NC3(CCCC3)C2=O)C[C@H]1C(F)(F)F. The highest BCUT2D eigenvalue weighted by Gasteiger charge is 2.54. The maximum absolute atomic E-state index is 13.0. The van der Waals surface area contributed by atoms with Crippen LogP contribution >= 0.6 is 0 Å². The number of aliphatic carboxylic acids is 1. The van der Waals surface area contributed by atoms with Crippen molar-refractivity contribution < 1.29 is 37.5 Å². The van der Waals surface area contributed by atoms with Gasteiger partial charge in [0.05, 0.1) is 11.8 Å². The van der Waals surface area contributed by atoms with Crippen molar-refractivity contribution in [3.05, 3.63) is 0 Å². The maximum Gasteiger partial charge on any atom is 0.394 e. The quantitative estimate of drug-likeness (QED) is 0.695. The number of carboxylic acid groups (broad SMARTS) is 1. The van der Waals surface area contributed by atoms with Crippen LogP contribution in [0.1, 0.15) is 32.1 Å². The average molecular weight is 391 g/mol. The van der Waals surface area contributed by atoms with E-state index in [1.54, 1.807) is 0 Å². The van der Waals surface area contributed by atoms with Crippen molar-refractivity contribution in [1.29, 1.82) is 0 Å². The third-order valence-corrected chi connectivity index (χ3v) is 5.66. The number of nitrogens with one attached hydrogen (secondary N) is 1. The van der Waals surface area contributed by atoms with E-state index >= 15 is 0 Å². The van der Waals surface area contributed by atoms with Crippen molar-refractivity contribution >= 4 is 23.8 Å². The zero-order chi connectivity index (χ0) is 20.0. The highest BCUT2D eigenvalue weighted by atomic mass is 19.4. The number of alkyl halides is 3. The third-order valence-electron chi connectivity index (χ3n) is 5.66. The number of amides is 4. The molecular weight excluding hydrogens is 371 g/mol. The maximum atomic E-state index is 13.0. The Bertz CT molecular complexity index is 675. The second-order valence-electron chi connectivity index (χ2n) is 7.32. The van der Waals surface area contributed by atoms with E-state index in [4.69, 9.17) is 5.11 Å². The Morgan fingerprint density at radius 1 is 1.19 bits per heavy atom. The van der Waals surface area contributed by atoms with Gasteiger partial charge in [-0.2, -0.15) is 13.2 Å². The summed E-state index contributed by atoms with van der Waals surface area (Å²) in [7, 11) is 0. The number of hydrogen-bond donors (Lipinski definition) is 2. The summed E-state index contributed by atoms with van der Waals surface area (Å²) in [6.07, 6.45) is -2.39. The van der Waals surface area contributed by atoms with Crippen molar-refractivity contribution in [3.8, 4) is 0 Å². The summed E-state index contributed by atoms with van der Waals surface area (Å²) < 4.78 is 39.0. The smallest absolute Gasteiger partial charge is 0.394 e. The second kappa shape index (κ2) is 6.68. The first-order valence-electron chi connectivity index (χ1n) is 8.76. The van der Waals surface area contributed by atoms with Crippen LogP contribution in [0.5, 0.6) is 0 Å². The largest absolute Gasteiger partial charge is 0.481 e. The average Bonchev–Trinajstić information content (AvgIpc) is 3.26. The van der Waals surface area contributed by atoms with Crippen molar-refractivity contribution in [2.24, 2.45) is 11.8 Å². The molecule has 4 amide bonds. The van der Waals surface area contributed by atoms with E-state index in [-0.39, 0.29) is 13.0 Å². The normalized spacial score (nSPS) is 27.5. The van der Waals surface area contributed by atoms with Crippen molar-refractivity contribution in [1.82, 2.24) is 15.1 Å².